The molecule has 0 spiro atoms. The van der Waals surface area contributed by atoms with Gasteiger partial charge in [0.05, 0.1) is 0 Å². The molecule has 1 heteroatoms. The quantitative estimate of drug-likeness (QED) is 0.669. The monoisotopic (exact) mass is 250 g/mol. The maximum Gasteiger partial charge on any atom is 0.127 e. The van der Waals surface area contributed by atoms with E-state index in [1.807, 2.05) is 0 Å². The summed E-state index contributed by atoms with van der Waals surface area (Å²) in [5.41, 5.74) is 4.37. The Labute approximate surface area is 114 Å². The molecule has 1 heterocycles. The standard InChI is InChI=1S/C18H18O/c1-12-15-7-3-2-6-13(15)10-14-11-19-17-9-5-4-8-16(17)18(12)14/h2-9,12-13,15H,10-11H2,1H3/t12-,13?,15?/m0/s1. The Morgan fingerprint density at radius 3 is 2.89 bits per heavy atom. The highest BCUT2D eigenvalue weighted by atomic mass is 16.5. The van der Waals surface area contributed by atoms with Crippen LogP contribution in [0.1, 0.15) is 18.9 Å². The van der Waals surface area contributed by atoms with Crippen LogP contribution in [0.2, 0.25) is 0 Å². The van der Waals surface area contributed by atoms with Gasteiger partial charge in [0.1, 0.15) is 12.4 Å². The van der Waals surface area contributed by atoms with Gasteiger partial charge in [-0.05, 0) is 41.4 Å². The second-order valence-corrected chi connectivity index (χ2v) is 5.81. The molecule has 3 atom stereocenters. The molecule has 1 aromatic rings. The number of fused-ring (bicyclic) bond motifs is 3. The van der Waals surface area contributed by atoms with Crippen LogP contribution in [0.4, 0.5) is 0 Å². The minimum atomic E-state index is 0.583. The molecule has 0 aromatic heterocycles. The summed E-state index contributed by atoms with van der Waals surface area (Å²) in [5.74, 6) is 2.95. The van der Waals surface area contributed by atoms with Crippen molar-refractivity contribution in [2.75, 3.05) is 6.61 Å². The van der Waals surface area contributed by atoms with E-state index in [4.69, 9.17) is 4.74 Å². The van der Waals surface area contributed by atoms with E-state index in [9.17, 15) is 0 Å². The smallest absolute Gasteiger partial charge is 0.127 e. The predicted octanol–water partition coefficient (Wildman–Crippen LogP) is 4.23. The molecule has 1 aromatic carbocycles. The van der Waals surface area contributed by atoms with Gasteiger partial charge >= 0.3 is 0 Å². The number of para-hydroxylation sites is 1. The zero-order valence-corrected chi connectivity index (χ0v) is 11.2. The van der Waals surface area contributed by atoms with E-state index in [0.29, 0.717) is 17.8 Å². The lowest BCUT2D eigenvalue weighted by Crippen LogP contribution is -2.30. The molecule has 0 fully saturated rings. The van der Waals surface area contributed by atoms with Gasteiger partial charge in [-0.15, -0.1) is 0 Å². The van der Waals surface area contributed by atoms with Crippen molar-refractivity contribution < 1.29 is 4.74 Å². The molecule has 0 radical (unpaired) electrons. The van der Waals surface area contributed by atoms with E-state index in [0.717, 1.165) is 18.8 Å². The number of benzene rings is 1. The summed E-state index contributed by atoms with van der Waals surface area (Å²) in [4.78, 5) is 0. The first kappa shape index (κ1) is 11.1. The Kier molecular flexibility index (Phi) is 2.41. The summed E-state index contributed by atoms with van der Waals surface area (Å²) in [6, 6.07) is 8.48. The Morgan fingerprint density at radius 2 is 1.95 bits per heavy atom. The molecule has 0 saturated carbocycles. The van der Waals surface area contributed by atoms with E-state index >= 15 is 0 Å². The van der Waals surface area contributed by atoms with E-state index < -0.39 is 0 Å². The van der Waals surface area contributed by atoms with Crippen molar-refractivity contribution in [3.8, 4) is 5.75 Å². The number of hydrogen-bond acceptors (Lipinski definition) is 1. The summed E-state index contributed by atoms with van der Waals surface area (Å²) >= 11 is 0. The molecule has 0 saturated heterocycles. The van der Waals surface area contributed by atoms with Crippen LogP contribution in [0.25, 0.3) is 5.57 Å². The maximum atomic E-state index is 5.92. The van der Waals surface area contributed by atoms with E-state index in [-0.39, 0.29) is 0 Å². The molecule has 3 aliphatic rings. The van der Waals surface area contributed by atoms with Crippen LogP contribution < -0.4 is 4.74 Å². The van der Waals surface area contributed by atoms with Gasteiger partial charge in [0.2, 0.25) is 0 Å². The topological polar surface area (TPSA) is 9.23 Å². The van der Waals surface area contributed by atoms with Gasteiger partial charge in [0.25, 0.3) is 0 Å². The van der Waals surface area contributed by atoms with Crippen LogP contribution >= 0.6 is 0 Å². The Hall–Kier alpha value is -1.76. The highest BCUT2D eigenvalue weighted by Crippen LogP contribution is 2.49. The molecular formula is C18H18O. The highest BCUT2D eigenvalue weighted by molar-refractivity contribution is 5.77. The summed E-state index contributed by atoms with van der Waals surface area (Å²) in [5, 5.41) is 0. The third-order valence-corrected chi connectivity index (χ3v) is 4.77. The molecule has 96 valence electrons. The van der Waals surface area contributed by atoms with Crippen LogP contribution in [0.5, 0.6) is 5.75 Å². The fourth-order valence-electron chi connectivity index (χ4n) is 3.87. The van der Waals surface area contributed by atoms with Crippen molar-refractivity contribution in [1.82, 2.24) is 0 Å². The normalized spacial score (nSPS) is 31.3. The SMILES string of the molecule is C[C@@H]1C2=C(COc3ccccc32)CC2C=CC=CC21. The van der Waals surface area contributed by atoms with Crippen LogP contribution in [-0.4, -0.2) is 6.61 Å². The first-order valence-electron chi connectivity index (χ1n) is 7.13. The maximum absolute atomic E-state index is 5.92. The molecule has 4 rings (SSSR count). The minimum absolute atomic E-state index is 0.583. The Balaban J connectivity index is 1.85. The fraction of sp³-hybridized carbons (Fsp3) is 0.333. The summed E-state index contributed by atoms with van der Waals surface area (Å²) in [6.07, 6.45) is 10.3. The fourth-order valence-corrected chi connectivity index (χ4v) is 3.87. The lowest BCUT2D eigenvalue weighted by Gasteiger charge is -2.40. The zero-order valence-electron chi connectivity index (χ0n) is 11.2. The second-order valence-electron chi connectivity index (χ2n) is 5.81. The third-order valence-electron chi connectivity index (χ3n) is 4.77. The average Bonchev–Trinajstić information content (AvgIpc) is 2.47. The van der Waals surface area contributed by atoms with Crippen molar-refractivity contribution in [1.29, 1.82) is 0 Å². The first-order valence-corrected chi connectivity index (χ1v) is 7.13. The Bertz CT molecular complexity index is 606. The summed E-state index contributed by atoms with van der Waals surface area (Å²) < 4.78 is 5.92. The number of allylic oxidation sites excluding steroid dienone is 5. The van der Waals surface area contributed by atoms with Crippen LogP contribution in [0.3, 0.4) is 0 Å². The number of ether oxygens (including phenoxy) is 1. The van der Waals surface area contributed by atoms with E-state index in [2.05, 4.69) is 55.5 Å². The first-order chi connectivity index (χ1) is 9.34. The molecule has 19 heavy (non-hydrogen) atoms. The molecular weight excluding hydrogens is 232 g/mol. The van der Waals surface area contributed by atoms with Gasteiger partial charge in [-0.25, -0.2) is 0 Å². The number of hydrogen-bond donors (Lipinski definition) is 0. The van der Waals surface area contributed by atoms with E-state index in [1.165, 1.54) is 11.1 Å². The predicted molar refractivity (Wildman–Crippen MR) is 77.9 cm³/mol. The average molecular weight is 250 g/mol. The van der Waals surface area contributed by atoms with Gasteiger partial charge in [-0.2, -0.15) is 0 Å². The van der Waals surface area contributed by atoms with Crippen molar-refractivity contribution in [3.63, 3.8) is 0 Å². The van der Waals surface area contributed by atoms with Gasteiger partial charge in [0, 0.05) is 5.56 Å². The van der Waals surface area contributed by atoms with E-state index in [1.54, 1.807) is 5.57 Å². The van der Waals surface area contributed by atoms with Crippen molar-refractivity contribution in [2.45, 2.75) is 13.3 Å². The molecule has 2 unspecified atom stereocenters. The highest BCUT2D eigenvalue weighted by Gasteiger charge is 2.36. The lowest BCUT2D eigenvalue weighted by molar-refractivity contribution is 0.300. The largest absolute Gasteiger partial charge is 0.489 e. The van der Waals surface area contributed by atoms with Gasteiger partial charge in [0.15, 0.2) is 0 Å². The summed E-state index contributed by atoms with van der Waals surface area (Å²) in [7, 11) is 0. The van der Waals surface area contributed by atoms with Crippen molar-refractivity contribution in [3.05, 3.63) is 59.7 Å². The van der Waals surface area contributed by atoms with Gasteiger partial charge in [-0.3, -0.25) is 0 Å². The van der Waals surface area contributed by atoms with Crippen molar-refractivity contribution >= 4 is 5.57 Å². The lowest BCUT2D eigenvalue weighted by atomic mass is 9.66. The third kappa shape index (κ3) is 1.61. The zero-order chi connectivity index (χ0) is 12.8. The molecule has 0 amide bonds. The van der Waals surface area contributed by atoms with Crippen LogP contribution in [0, 0.1) is 17.8 Å². The van der Waals surface area contributed by atoms with Crippen molar-refractivity contribution in [2.24, 2.45) is 17.8 Å². The van der Waals surface area contributed by atoms with Crippen LogP contribution in [-0.2, 0) is 0 Å². The second kappa shape index (κ2) is 4.12. The minimum Gasteiger partial charge on any atom is -0.489 e. The van der Waals surface area contributed by atoms with Crippen LogP contribution in [0.15, 0.2) is 54.1 Å². The number of rotatable bonds is 0. The molecule has 2 aliphatic carbocycles. The molecule has 1 aliphatic heterocycles. The molecule has 0 bridgehead atoms. The Morgan fingerprint density at radius 1 is 1.11 bits per heavy atom. The summed E-state index contributed by atoms with van der Waals surface area (Å²) in [6.45, 7) is 3.15. The molecule has 0 N–H and O–H groups in total. The van der Waals surface area contributed by atoms with Gasteiger partial charge < -0.3 is 4.74 Å². The van der Waals surface area contributed by atoms with Gasteiger partial charge in [-0.1, -0.05) is 49.4 Å². The molecule has 1 nitrogen and oxygen atoms in total.